The van der Waals surface area contributed by atoms with Gasteiger partial charge in [0.2, 0.25) is 5.91 Å². The number of amides is 2. The molecule has 8 heteroatoms. The second-order valence-electron chi connectivity index (χ2n) is 13.5. The summed E-state index contributed by atoms with van der Waals surface area (Å²) in [7, 11) is 0. The lowest BCUT2D eigenvalue weighted by molar-refractivity contribution is -0.132. The predicted molar refractivity (Wildman–Crippen MR) is 182 cm³/mol. The predicted octanol–water partition coefficient (Wildman–Crippen LogP) is 7.32. The third-order valence-electron chi connectivity index (χ3n) is 10.6. The van der Waals surface area contributed by atoms with E-state index in [4.69, 9.17) is 4.74 Å². The van der Waals surface area contributed by atoms with Gasteiger partial charge < -0.3 is 25.0 Å². The molecule has 8 nitrogen and oxygen atoms in total. The van der Waals surface area contributed by atoms with E-state index in [-0.39, 0.29) is 17.4 Å². The summed E-state index contributed by atoms with van der Waals surface area (Å²) in [6, 6.07) is 20.6. The van der Waals surface area contributed by atoms with Gasteiger partial charge in [0.05, 0.1) is 23.3 Å². The van der Waals surface area contributed by atoms with Crippen molar-refractivity contribution in [2.75, 3.05) is 6.61 Å². The number of hydrogen-bond donors (Lipinski definition) is 3. The maximum absolute atomic E-state index is 13.9. The average molecular weight is 632 g/mol. The normalized spacial score (nSPS) is 18.3. The summed E-state index contributed by atoms with van der Waals surface area (Å²) in [5.74, 6) is -0.239. The molecule has 2 amide bonds. The first kappa shape index (κ1) is 30.8. The maximum Gasteiger partial charge on any atom is 0.335 e. The second kappa shape index (κ2) is 12.1. The number of aromatic nitrogens is 1. The molecule has 3 N–H and O–H groups in total. The fourth-order valence-electron chi connectivity index (χ4n) is 7.66. The van der Waals surface area contributed by atoms with Gasteiger partial charge in [-0.25, -0.2) is 4.79 Å². The third kappa shape index (κ3) is 5.39. The summed E-state index contributed by atoms with van der Waals surface area (Å²) in [6.07, 6.45) is 9.53. The van der Waals surface area contributed by atoms with Crippen LogP contribution in [-0.4, -0.2) is 39.6 Å². The molecule has 2 aliphatic carbocycles. The fraction of sp³-hybridized carbons (Fsp3) is 0.359. The van der Waals surface area contributed by atoms with Crippen molar-refractivity contribution < 1.29 is 24.2 Å². The zero-order valence-corrected chi connectivity index (χ0v) is 26.8. The summed E-state index contributed by atoms with van der Waals surface area (Å²) in [6.45, 7) is 6.98. The molecule has 1 aromatic heterocycles. The SMILES string of the molecule is C=CC(C)(NC(=O)C1(NC(=O)c2ccc3c(C4CCCCC4)c4n(c3c2)CCOc2ccccc2-4)CCC1)c1ccc(C(=O)O)cc1. The Hall–Kier alpha value is -4.85. The van der Waals surface area contributed by atoms with Crippen LogP contribution in [0, 0.1) is 0 Å². The van der Waals surface area contributed by atoms with E-state index in [0.717, 1.165) is 36.1 Å². The van der Waals surface area contributed by atoms with Crippen LogP contribution in [0.3, 0.4) is 0 Å². The van der Waals surface area contributed by atoms with Gasteiger partial charge in [-0.05, 0) is 92.5 Å². The molecule has 1 atom stereocenters. The highest BCUT2D eigenvalue weighted by Gasteiger charge is 2.47. The molecule has 3 aromatic carbocycles. The number of ether oxygens (including phenoxy) is 1. The van der Waals surface area contributed by atoms with E-state index < -0.39 is 17.0 Å². The number of hydrogen-bond acceptors (Lipinski definition) is 4. The topological polar surface area (TPSA) is 110 Å². The Balaban J connectivity index is 1.20. The van der Waals surface area contributed by atoms with E-state index in [0.29, 0.717) is 43.0 Å². The fourth-order valence-corrected chi connectivity index (χ4v) is 7.66. The molecular weight excluding hydrogens is 590 g/mol. The Bertz CT molecular complexity index is 1880. The van der Waals surface area contributed by atoms with Gasteiger partial charge in [-0.2, -0.15) is 0 Å². The number of aromatic carboxylic acids is 1. The molecule has 2 fully saturated rings. The lowest BCUT2D eigenvalue weighted by atomic mass is 9.75. The van der Waals surface area contributed by atoms with Crippen LogP contribution in [0.15, 0.2) is 79.4 Å². The molecule has 4 aromatic rings. The summed E-state index contributed by atoms with van der Waals surface area (Å²) in [5, 5.41) is 16.7. The highest BCUT2D eigenvalue weighted by molar-refractivity contribution is 6.04. The number of benzene rings is 3. The van der Waals surface area contributed by atoms with Gasteiger partial charge in [0, 0.05) is 22.0 Å². The molecule has 0 spiro atoms. The number of para-hydroxylation sites is 1. The monoisotopic (exact) mass is 631 g/mol. The highest BCUT2D eigenvalue weighted by Crippen LogP contribution is 2.47. The van der Waals surface area contributed by atoms with Crippen LogP contribution in [0.2, 0.25) is 0 Å². The first-order valence-electron chi connectivity index (χ1n) is 16.7. The van der Waals surface area contributed by atoms with Crippen molar-refractivity contribution in [1.29, 1.82) is 0 Å². The molecule has 1 unspecified atom stereocenters. The molecular formula is C39H41N3O5. The zero-order valence-electron chi connectivity index (χ0n) is 26.8. The summed E-state index contributed by atoms with van der Waals surface area (Å²) in [4.78, 5) is 39.2. The molecule has 0 saturated heterocycles. The van der Waals surface area contributed by atoms with Crippen molar-refractivity contribution in [3.8, 4) is 17.0 Å². The van der Waals surface area contributed by atoms with Crippen LogP contribution in [0.4, 0.5) is 0 Å². The summed E-state index contributed by atoms with van der Waals surface area (Å²) < 4.78 is 8.52. The van der Waals surface area contributed by atoms with Crippen LogP contribution in [0.1, 0.15) is 96.1 Å². The number of carboxylic acid groups (broad SMARTS) is 1. The van der Waals surface area contributed by atoms with Crippen LogP contribution >= 0.6 is 0 Å². The van der Waals surface area contributed by atoms with Gasteiger partial charge >= 0.3 is 5.97 Å². The smallest absolute Gasteiger partial charge is 0.335 e. The van der Waals surface area contributed by atoms with Crippen molar-refractivity contribution in [1.82, 2.24) is 15.2 Å². The van der Waals surface area contributed by atoms with E-state index in [9.17, 15) is 19.5 Å². The van der Waals surface area contributed by atoms with Crippen LogP contribution in [-0.2, 0) is 16.9 Å². The Kier molecular flexibility index (Phi) is 7.90. The minimum Gasteiger partial charge on any atom is -0.491 e. The maximum atomic E-state index is 13.9. The van der Waals surface area contributed by atoms with Crippen molar-refractivity contribution in [2.45, 2.75) is 81.8 Å². The van der Waals surface area contributed by atoms with Gasteiger partial charge in [-0.3, -0.25) is 9.59 Å². The Morgan fingerprint density at radius 2 is 1.70 bits per heavy atom. The van der Waals surface area contributed by atoms with Crippen LogP contribution in [0.5, 0.6) is 5.75 Å². The molecule has 2 heterocycles. The first-order valence-corrected chi connectivity index (χ1v) is 16.7. The summed E-state index contributed by atoms with van der Waals surface area (Å²) in [5.41, 5.74) is 4.04. The Morgan fingerprint density at radius 3 is 2.38 bits per heavy atom. The number of carbonyl (C=O) groups excluding carboxylic acids is 2. The lowest BCUT2D eigenvalue weighted by Crippen LogP contribution is -2.65. The molecule has 0 radical (unpaired) electrons. The number of fused-ring (bicyclic) bond motifs is 5. The second-order valence-corrected chi connectivity index (χ2v) is 13.5. The quantitative estimate of drug-likeness (QED) is 0.177. The minimum absolute atomic E-state index is 0.161. The number of nitrogens with one attached hydrogen (secondary N) is 2. The molecule has 1 aliphatic heterocycles. The molecule has 3 aliphatic rings. The Labute approximate surface area is 274 Å². The third-order valence-corrected chi connectivity index (χ3v) is 10.6. The molecule has 47 heavy (non-hydrogen) atoms. The van der Waals surface area contributed by atoms with E-state index in [1.54, 1.807) is 18.2 Å². The molecule has 0 bridgehead atoms. The van der Waals surface area contributed by atoms with Crippen molar-refractivity contribution in [3.05, 3.63) is 102 Å². The molecule has 7 rings (SSSR count). The molecule has 2 saturated carbocycles. The first-order chi connectivity index (χ1) is 22.7. The standard InChI is InChI=1S/C39H41N3O5/c1-3-38(2,28-17-14-26(15-18-28)36(44)45)41-37(46)39(20-9-21-39)40-35(43)27-16-19-29-31(24-27)42-22-23-47-32-13-8-7-12-30(32)34(42)33(29)25-10-5-4-6-11-25/h3,7-8,12-19,24-25H,1,4-6,9-11,20-23H2,2H3,(H,40,43)(H,41,46)(H,44,45). The largest absolute Gasteiger partial charge is 0.491 e. The van der Waals surface area contributed by atoms with Gasteiger partial charge in [-0.15, -0.1) is 6.58 Å². The van der Waals surface area contributed by atoms with E-state index in [1.807, 2.05) is 31.2 Å². The number of carbonyl (C=O) groups is 3. The van der Waals surface area contributed by atoms with Gasteiger partial charge in [0.1, 0.15) is 17.9 Å². The van der Waals surface area contributed by atoms with Crippen molar-refractivity contribution in [2.24, 2.45) is 0 Å². The van der Waals surface area contributed by atoms with Crippen molar-refractivity contribution >= 4 is 28.7 Å². The Morgan fingerprint density at radius 1 is 0.979 bits per heavy atom. The van der Waals surface area contributed by atoms with Gasteiger partial charge in [-0.1, -0.05) is 55.7 Å². The number of nitrogens with zero attached hydrogens (tertiary/aromatic N) is 1. The van der Waals surface area contributed by atoms with Crippen molar-refractivity contribution in [3.63, 3.8) is 0 Å². The van der Waals surface area contributed by atoms with Gasteiger partial charge in [0.15, 0.2) is 0 Å². The summed E-state index contributed by atoms with van der Waals surface area (Å²) >= 11 is 0. The van der Waals surface area contributed by atoms with Crippen LogP contribution < -0.4 is 15.4 Å². The zero-order chi connectivity index (χ0) is 32.8. The van der Waals surface area contributed by atoms with E-state index in [1.165, 1.54) is 48.0 Å². The molecule has 242 valence electrons. The van der Waals surface area contributed by atoms with E-state index in [2.05, 4.69) is 40.0 Å². The minimum atomic E-state index is -1.05. The van der Waals surface area contributed by atoms with Crippen LogP contribution in [0.25, 0.3) is 22.2 Å². The number of rotatable bonds is 8. The van der Waals surface area contributed by atoms with E-state index >= 15 is 0 Å². The average Bonchev–Trinajstić information content (AvgIpc) is 3.27. The lowest BCUT2D eigenvalue weighted by Gasteiger charge is -2.43. The van der Waals surface area contributed by atoms with Gasteiger partial charge in [0.25, 0.3) is 5.91 Å². The highest BCUT2D eigenvalue weighted by atomic mass is 16.5. The number of carboxylic acids is 1.